The van der Waals surface area contributed by atoms with Crippen LogP contribution in [0, 0.1) is 0 Å². The fourth-order valence-corrected chi connectivity index (χ4v) is 2.16. The van der Waals surface area contributed by atoms with Crippen molar-refractivity contribution >= 4 is 23.1 Å². The van der Waals surface area contributed by atoms with Crippen molar-refractivity contribution in [3.8, 4) is 0 Å². The molecule has 0 bridgehead atoms. The van der Waals surface area contributed by atoms with Crippen molar-refractivity contribution in [1.82, 2.24) is 9.97 Å². The highest BCUT2D eigenvalue weighted by Crippen LogP contribution is 2.30. The quantitative estimate of drug-likeness (QED) is 0.662. The van der Waals surface area contributed by atoms with Gasteiger partial charge in [0.2, 0.25) is 5.28 Å². The zero-order chi connectivity index (χ0) is 10.3. The Labute approximate surface area is 92.4 Å². The van der Waals surface area contributed by atoms with Gasteiger partial charge in [0.05, 0.1) is 31.1 Å². The average Bonchev–Trinajstić information content (AvgIpc) is 2.29. The Morgan fingerprint density at radius 1 is 1.60 bits per heavy atom. The van der Waals surface area contributed by atoms with E-state index in [4.69, 9.17) is 16.3 Å². The van der Waals surface area contributed by atoms with Gasteiger partial charge in [-0.3, -0.25) is 0 Å². The summed E-state index contributed by atoms with van der Waals surface area (Å²) < 4.78 is 5.43. The van der Waals surface area contributed by atoms with E-state index in [9.17, 15) is 0 Å². The van der Waals surface area contributed by atoms with E-state index >= 15 is 0 Å². The zero-order valence-electron chi connectivity index (χ0n) is 8.11. The second-order valence-corrected chi connectivity index (χ2v) is 4.02. The second-order valence-electron chi connectivity index (χ2n) is 3.68. The standard InChI is InChI=1S/C9H11ClN4O/c10-9-12-4-7-8(13-9)14-1-2-15-5-6(14)3-11-7/h4,6,11H,1-3,5H2/t6-/m0/s1. The van der Waals surface area contributed by atoms with Crippen LogP contribution in [0.25, 0.3) is 0 Å². The number of hydrogen-bond donors (Lipinski definition) is 1. The Bertz CT molecular complexity index is 386. The van der Waals surface area contributed by atoms with E-state index in [1.165, 1.54) is 0 Å². The van der Waals surface area contributed by atoms with Crippen molar-refractivity contribution in [1.29, 1.82) is 0 Å². The molecular weight excluding hydrogens is 216 g/mol. The van der Waals surface area contributed by atoms with Gasteiger partial charge >= 0.3 is 0 Å². The predicted octanol–water partition coefficient (Wildman–Crippen LogP) is 0.761. The molecule has 0 amide bonds. The third-order valence-electron chi connectivity index (χ3n) is 2.77. The normalized spacial score (nSPS) is 24.1. The molecule has 3 heterocycles. The zero-order valence-corrected chi connectivity index (χ0v) is 8.87. The van der Waals surface area contributed by atoms with E-state index in [2.05, 4.69) is 20.2 Å². The Morgan fingerprint density at radius 2 is 2.53 bits per heavy atom. The monoisotopic (exact) mass is 226 g/mol. The molecule has 1 saturated heterocycles. The molecule has 80 valence electrons. The molecule has 5 nitrogen and oxygen atoms in total. The number of hydrogen-bond acceptors (Lipinski definition) is 5. The minimum absolute atomic E-state index is 0.294. The lowest BCUT2D eigenvalue weighted by atomic mass is 10.1. The van der Waals surface area contributed by atoms with Crippen LogP contribution >= 0.6 is 11.6 Å². The van der Waals surface area contributed by atoms with Gasteiger partial charge in [-0.15, -0.1) is 0 Å². The van der Waals surface area contributed by atoms with E-state index in [1.807, 2.05) is 0 Å². The fraction of sp³-hybridized carbons (Fsp3) is 0.556. The number of nitrogens with one attached hydrogen (secondary N) is 1. The number of anilines is 2. The van der Waals surface area contributed by atoms with Gasteiger partial charge in [0.25, 0.3) is 0 Å². The Kier molecular flexibility index (Phi) is 2.14. The van der Waals surface area contributed by atoms with Crippen molar-refractivity contribution in [2.75, 3.05) is 36.5 Å². The highest BCUT2D eigenvalue weighted by atomic mass is 35.5. The molecule has 0 aliphatic carbocycles. The smallest absolute Gasteiger partial charge is 0.224 e. The van der Waals surface area contributed by atoms with Crippen molar-refractivity contribution < 1.29 is 4.74 Å². The first-order chi connectivity index (χ1) is 7.34. The van der Waals surface area contributed by atoms with Crippen molar-refractivity contribution in [2.45, 2.75) is 6.04 Å². The maximum Gasteiger partial charge on any atom is 0.224 e. The van der Waals surface area contributed by atoms with Gasteiger partial charge in [-0.25, -0.2) is 4.98 Å². The summed E-state index contributed by atoms with van der Waals surface area (Å²) in [5.41, 5.74) is 0.956. The molecule has 0 aromatic carbocycles. The van der Waals surface area contributed by atoms with Crippen LogP contribution in [0.3, 0.4) is 0 Å². The number of aromatic nitrogens is 2. The Morgan fingerprint density at radius 3 is 3.47 bits per heavy atom. The molecule has 1 atom stereocenters. The number of nitrogens with zero attached hydrogens (tertiary/aromatic N) is 3. The van der Waals surface area contributed by atoms with Crippen molar-refractivity contribution in [3.63, 3.8) is 0 Å². The molecular formula is C9H11ClN4O. The highest BCUT2D eigenvalue weighted by Gasteiger charge is 2.30. The average molecular weight is 227 g/mol. The molecule has 6 heteroatoms. The second kappa shape index (κ2) is 3.50. The fourth-order valence-electron chi connectivity index (χ4n) is 2.03. The summed E-state index contributed by atoms with van der Waals surface area (Å²) >= 11 is 5.80. The van der Waals surface area contributed by atoms with Crippen LogP contribution in [0.1, 0.15) is 0 Å². The lowest BCUT2D eigenvalue weighted by Crippen LogP contribution is -2.52. The third-order valence-corrected chi connectivity index (χ3v) is 2.95. The predicted molar refractivity (Wildman–Crippen MR) is 57.5 cm³/mol. The first-order valence-corrected chi connectivity index (χ1v) is 5.33. The van der Waals surface area contributed by atoms with Gasteiger partial charge in [0.15, 0.2) is 5.82 Å². The summed E-state index contributed by atoms with van der Waals surface area (Å²) in [5, 5.41) is 3.58. The summed E-state index contributed by atoms with van der Waals surface area (Å²) in [6.45, 7) is 3.23. The largest absolute Gasteiger partial charge is 0.379 e. The summed E-state index contributed by atoms with van der Waals surface area (Å²) in [7, 11) is 0. The van der Waals surface area contributed by atoms with Gasteiger partial charge in [-0.1, -0.05) is 0 Å². The third kappa shape index (κ3) is 1.52. The summed E-state index contributed by atoms with van der Waals surface area (Å²) in [5.74, 6) is 0.898. The van der Waals surface area contributed by atoms with E-state index < -0.39 is 0 Å². The minimum Gasteiger partial charge on any atom is -0.379 e. The minimum atomic E-state index is 0.294. The molecule has 2 aliphatic heterocycles. The molecule has 0 saturated carbocycles. The Hall–Kier alpha value is -1.07. The lowest BCUT2D eigenvalue weighted by Gasteiger charge is -2.40. The van der Waals surface area contributed by atoms with E-state index in [1.54, 1.807) is 6.20 Å². The first-order valence-electron chi connectivity index (χ1n) is 4.95. The molecule has 1 aromatic heterocycles. The molecule has 2 aliphatic rings. The molecule has 1 aromatic rings. The molecule has 0 unspecified atom stereocenters. The van der Waals surface area contributed by atoms with Crippen molar-refractivity contribution in [2.24, 2.45) is 0 Å². The van der Waals surface area contributed by atoms with Crippen LogP contribution in [0.2, 0.25) is 5.28 Å². The summed E-state index contributed by atoms with van der Waals surface area (Å²) in [4.78, 5) is 10.5. The maximum atomic E-state index is 5.80. The molecule has 0 radical (unpaired) electrons. The SMILES string of the molecule is Clc1ncc2c(n1)N1CCOC[C@@H]1CN2. The van der Waals surface area contributed by atoms with Gasteiger partial charge in [-0.05, 0) is 11.6 Å². The van der Waals surface area contributed by atoms with E-state index in [-0.39, 0.29) is 0 Å². The topological polar surface area (TPSA) is 50.3 Å². The van der Waals surface area contributed by atoms with Crippen LogP contribution in [0.5, 0.6) is 0 Å². The molecule has 1 N–H and O–H groups in total. The molecule has 3 rings (SSSR count). The number of fused-ring (bicyclic) bond motifs is 3. The van der Waals surface area contributed by atoms with Gasteiger partial charge in [0, 0.05) is 13.1 Å². The summed E-state index contributed by atoms with van der Waals surface area (Å²) in [6.07, 6.45) is 1.73. The first kappa shape index (κ1) is 9.18. The van der Waals surface area contributed by atoms with Crippen molar-refractivity contribution in [3.05, 3.63) is 11.5 Å². The highest BCUT2D eigenvalue weighted by molar-refractivity contribution is 6.28. The Balaban J connectivity index is 2.01. The van der Waals surface area contributed by atoms with Crippen LogP contribution in [0.4, 0.5) is 11.5 Å². The van der Waals surface area contributed by atoms with E-state index in [0.717, 1.165) is 37.8 Å². The summed E-state index contributed by atoms with van der Waals surface area (Å²) in [6, 6.07) is 0.359. The molecule has 0 spiro atoms. The van der Waals surface area contributed by atoms with E-state index in [0.29, 0.717) is 11.3 Å². The van der Waals surface area contributed by atoms with Gasteiger partial charge in [-0.2, -0.15) is 4.98 Å². The van der Waals surface area contributed by atoms with Crippen LogP contribution < -0.4 is 10.2 Å². The van der Waals surface area contributed by atoms with Crippen LogP contribution in [-0.4, -0.2) is 42.3 Å². The number of morpholine rings is 1. The number of rotatable bonds is 0. The van der Waals surface area contributed by atoms with Gasteiger partial charge in [0.1, 0.15) is 0 Å². The van der Waals surface area contributed by atoms with Crippen LogP contribution in [-0.2, 0) is 4.74 Å². The maximum absolute atomic E-state index is 5.80. The van der Waals surface area contributed by atoms with Gasteiger partial charge < -0.3 is 15.0 Å². The number of ether oxygens (including phenoxy) is 1. The lowest BCUT2D eigenvalue weighted by molar-refractivity contribution is 0.0959. The molecule has 1 fully saturated rings. The van der Waals surface area contributed by atoms with Crippen LogP contribution in [0.15, 0.2) is 6.20 Å². The number of halogens is 1. The molecule has 15 heavy (non-hydrogen) atoms.